The van der Waals surface area contributed by atoms with Gasteiger partial charge in [0, 0.05) is 0 Å². The summed E-state index contributed by atoms with van der Waals surface area (Å²) in [5.41, 5.74) is -0.848. The predicted octanol–water partition coefficient (Wildman–Crippen LogP) is 3.85. The molecular weight excluding hydrogens is 401 g/mol. The highest BCUT2D eigenvalue weighted by Gasteiger charge is 2.55. The van der Waals surface area contributed by atoms with Gasteiger partial charge in [-0.25, -0.2) is 4.79 Å². The highest BCUT2D eigenvalue weighted by Crippen LogP contribution is 2.38. The van der Waals surface area contributed by atoms with Gasteiger partial charge >= 0.3 is 6.03 Å². The Morgan fingerprint density at radius 2 is 2.00 bits per heavy atom. The topological polar surface area (TPSA) is 78.5 Å². The average molecular weight is 426 g/mol. The standard InChI is InChI=1S/C20H25Cl2N3O3/c1-12-6-4-5-9-20(12)17(27)25(18(28)24-20)11-16(26)23-19(2,3)13-7-8-14(21)15(22)10-13/h7-8,10,12H,4-6,9,11H2,1-3H3,(H,23,26)(H,24,28). The molecule has 1 aromatic carbocycles. The van der Waals surface area contributed by atoms with Gasteiger partial charge in [0.15, 0.2) is 0 Å². The monoisotopic (exact) mass is 425 g/mol. The van der Waals surface area contributed by atoms with Crippen LogP contribution in [0.5, 0.6) is 0 Å². The molecule has 2 aliphatic rings. The second-order valence-electron chi connectivity index (χ2n) is 8.24. The fraction of sp³-hybridized carbons (Fsp3) is 0.550. The molecular formula is C20H25Cl2N3O3. The van der Waals surface area contributed by atoms with Crippen molar-refractivity contribution in [1.29, 1.82) is 0 Å². The highest BCUT2D eigenvalue weighted by molar-refractivity contribution is 6.42. The second kappa shape index (κ2) is 7.56. The van der Waals surface area contributed by atoms with Crippen LogP contribution in [-0.2, 0) is 15.1 Å². The average Bonchev–Trinajstić information content (AvgIpc) is 2.84. The van der Waals surface area contributed by atoms with E-state index in [2.05, 4.69) is 10.6 Å². The van der Waals surface area contributed by atoms with Crippen molar-refractivity contribution >= 4 is 41.0 Å². The predicted molar refractivity (Wildman–Crippen MR) is 108 cm³/mol. The molecule has 8 heteroatoms. The van der Waals surface area contributed by atoms with E-state index in [-0.39, 0.29) is 18.4 Å². The number of benzene rings is 1. The SMILES string of the molecule is CC1CCCCC12NC(=O)N(CC(=O)NC(C)(C)c1ccc(Cl)c(Cl)c1)C2=O. The first-order valence-electron chi connectivity index (χ1n) is 9.47. The van der Waals surface area contributed by atoms with E-state index in [9.17, 15) is 14.4 Å². The van der Waals surface area contributed by atoms with E-state index in [4.69, 9.17) is 23.2 Å². The van der Waals surface area contributed by atoms with Crippen LogP contribution >= 0.6 is 23.2 Å². The molecule has 2 unspecified atom stereocenters. The molecule has 1 spiro atoms. The number of halogens is 2. The molecule has 2 N–H and O–H groups in total. The summed E-state index contributed by atoms with van der Waals surface area (Å²) in [6.07, 6.45) is 3.44. The van der Waals surface area contributed by atoms with Crippen LogP contribution < -0.4 is 10.6 Å². The highest BCUT2D eigenvalue weighted by atomic mass is 35.5. The number of urea groups is 1. The minimum absolute atomic E-state index is 0.0541. The van der Waals surface area contributed by atoms with Crippen molar-refractivity contribution in [2.45, 2.75) is 57.5 Å². The summed E-state index contributed by atoms with van der Waals surface area (Å²) in [6.45, 7) is 5.31. The fourth-order valence-corrected chi connectivity index (χ4v) is 4.43. The molecule has 1 heterocycles. The molecule has 0 radical (unpaired) electrons. The molecule has 3 rings (SSSR count). The maximum absolute atomic E-state index is 13.0. The Morgan fingerprint density at radius 1 is 1.29 bits per heavy atom. The molecule has 152 valence electrons. The van der Waals surface area contributed by atoms with Gasteiger partial charge in [0.05, 0.1) is 15.6 Å². The summed E-state index contributed by atoms with van der Waals surface area (Å²) in [5.74, 6) is -0.661. The third-order valence-electron chi connectivity index (χ3n) is 5.90. The van der Waals surface area contributed by atoms with Gasteiger partial charge in [-0.2, -0.15) is 0 Å². The number of carbonyl (C=O) groups excluding carboxylic acids is 3. The minimum atomic E-state index is -0.866. The number of hydrogen-bond acceptors (Lipinski definition) is 3. The number of hydrogen-bond donors (Lipinski definition) is 2. The Balaban J connectivity index is 1.71. The lowest BCUT2D eigenvalue weighted by Gasteiger charge is -2.36. The van der Waals surface area contributed by atoms with Crippen LogP contribution in [0, 0.1) is 5.92 Å². The van der Waals surface area contributed by atoms with Crippen LogP contribution in [0.3, 0.4) is 0 Å². The fourth-order valence-electron chi connectivity index (χ4n) is 4.13. The van der Waals surface area contributed by atoms with Crippen LogP contribution in [0.4, 0.5) is 4.79 Å². The second-order valence-corrected chi connectivity index (χ2v) is 9.06. The van der Waals surface area contributed by atoms with Crippen molar-refractivity contribution in [3.05, 3.63) is 33.8 Å². The van der Waals surface area contributed by atoms with Crippen LogP contribution in [0.15, 0.2) is 18.2 Å². The number of nitrogens with zero attached hydrogens (tertiary/aromatic N) is 1. The van der Waals surface area contributed by atoms with Crippen molar-refractivity contribution in [2.75, 3.05) is 6.54 Å². The molecule has 1 aliphatic heterocycles. The number of rotatable bonds is 4. The Bertz CT molecular complexity index is 827. The number of nitrogens with one attached hydrogen (secondary N) is 2. The van der Waals surface area contributed by atoms with Gasteiger partial charge in [-0.05, 0) is 50.3 Å². The summed E-state index contributed by atoms with van der Waals surface area (Å²) < 4.78 is 0. The molecule has 1 aliphatic carbocycles. The molecule has 1 saturated heterocycles. The Hall–Kier alpha value is -1.79. The van der Waals surface area contributed by atoms with Crippen LogP contribution in [0.25, 0.3) is 0 Å². The molecule has 1 saturated carbocycles. The smallest absolute Gasteiger partial charge is 0.325 e. The van der Waals surface area contributed by atoms with E-state index in [1.54, 1.807) is 18.2 Å². The summed E-state index contributed by atoms with van der Waals surface area (Å²) in [7, 11) is 0. The third kappa shape index (κ3) is 3.72. The largest absolute Gasteiger partial charge is 0.346 e. The lowest BCUT2D eigenvalue weighted by molar-refractivity contribution is -0.137. The molecule has 6 nitrogen and oxygen atoms in total. The van der Waals surface area contributed by atoms with E-state index in [1.165, 1.54) is 0 Å². The quantitative estimate of drug-likeness (QED) is 0.718. The first kappa shape index (κ1) is 20.9. The molecule has 4 amide bonds. The van der Waals surface area contributed by atoms with Gasteiger partial charge in [-0.15, -0.1) is 0 Å². The van der Waals surface area contributed by atoms with E-state index < -0.39 is 23.0 Å². The van der Waals surface area contributed by atoms with Gasteiger partial charge in [-0.3, -0.25) is 14.5 Å². The summed E-state index contributed by atoms with van der Waals surface area (Å²) in [5, 5.41) is 6.55. The lowest BCUT2D eigenvalue weighted by atomic mass is 9.73. The molecule has 1 aromatic rings. The number of carbonyl (C=O) groups is 3. The van der Waals surface area contributed by atoms with Crippen molar-refractivity contribution in [2.24, 2.45) is 5.92 Å². The lowest BCUT2D eigenvalue weighted by Crippen LogP contribution is -2.54. The Morgan fingerprint density at radius 3 is 2.64 bits per heavy atom. The summed E-state index contributed by atoms with van der Waals surface area (Å²) >= 11 is 12.0. The van der Waals surface area contributed by atoms with E-state index >= 15 is 0 Å². The number of amides is 4. The van der Waals surface area contributed by atoms with Crippen LogP contribution in [0.2, 0.25) is 10.0 Å². The molecule has 0 bridgehead atoms. The van der Waals surface area contributed by atoms with Gasteiger partial charge in [0.1, 0.15) is 12.1 Å². The zero-order valence-electron chi connectivity index (χ0n) is 16.3. The minimum Gasteiger partial charge on any atom is -0.346 e. The van der Waals surface area contributed by atoms with Gasteiger partial charge < -0.3 is 10.6 Å². The van der Waals surface area contributed by atoms with Gasteiger partial charge in [-0.1, -0.05) is 49.0 Å². The first-order chi connectivity index (χ1) is 13.1. The van der Waals surface area contributed by atoms with E-state index in [1.807, 2.05) is 20.8 Å². The number of imide groups is 1. The van der Waals surface area contributed by atoms with E-state index in [0.717, 1.165) is 29.7 Å². The maximum Gasteiger partial charge on any atom is 0.325 e. The van der Waals surface area contributed by atoms with E-state index in [0.29, 0.717) is 16.5 Å². The Labute approximate surface area is 174 Å². The molecule has 2 atom stereocenters. The third-order valence-corrected chi connectivity index (χ3v) is 6.64. The van der Waals surface area contributed by atoms with Gasteiger partial charge in [0.2, 0.25) is 5.91 Å². The zero-order valence-corrected chi connectivity index (χ0v) is 17.8. The molecule has 28 heavy (non-hydrogen) atoms. The molecule has 0 aromatic heterocycles. The Kier molecular flexibility index (Phi) is 5.65. The van der Waals surface area contributed by atoms with Crippen molar-refractivity contribution < 1.29 is 14.4 Å². The molecule has 2 fully saturated rings. The summed E-state index contributed by atoms with van der Waals surface area (Å²) in [4.78, 5) is 39.1. The van der Waals surface area contributed by atoms with Gasteiger partial charge in [0.25, 0.3) is 5.91 Å². The first-order valence-corrected chi connectivity index (χ1v) is 10.2. The van der Waals surface area contributed by atoms with Crippen molar-refractivity contribution in [3.8, 4) is 0 Å². The summed E-state index contributed by atoms with van der Waals surface area (Å²) in [6, 6.07) is 4.64. The van der Waals surface area contributed by atoms with Crippen LogP contribution in [-0.4, -0.2) is 34.8 Å². The maximum atomic E-state index is 13.0. The van der Waals surface area contributed by atoms with Crippen molar-refractivity contribution in [3.63, 3.8) is 0 Å². The van der Waals surface area contributed by atoms with Crippen LogP contribution in [0.1, 0.15) is 52.0 Å². The zero-order chi connectivity index (χ0) is 20.7. The normalized spacial score (nSPS) is 25.2. The van der Waals surface area contributed by atoms with Crippen molar-refractivity contribution in [1.82, 2.24) is 15.5 Å².